The highest BCUT2D eigenvalue weighted by atomic mass is 35.5. The van der Waals surface area contributed by atoms with Crippen molar-refractivity contribution < 1.29 is 19.3 Å². The van der Waals surface area contributed by atoms with Gasteiger partial charge in [-0.1, -0.05) is 12.2 Å². The summed E-state index contributed by atoms with van der Waals surface area (Å²) in [5, 5.41) is 21.9. The summed E-state index contributed by atoms with van der Waals surface area (Å²) in [5.74, 6) is 2.12. The van der Waals surface area contributed by atoms with Crippen molar-refractivity contribution in [2.45, 2.75) is 37.1 Å². The molecular formula is C13H13ClFN5O3S. The number of nitrogen functional groups attached to an aromatic ring is 1. The number of rotatable bonds is 2. The molecule has 0 aromatic carbocycles. The normalized spacial score (nSPS) is 31.0. The van der Waals surface area contributed by atoms with Crippen LogP contribution in [0.5, 0.6) is 0 Å². The van der Waals surface area contributed by atoms with Crippen LogP contribution < -0.4 is 5.73 Å². The fraction of sp³-hybridized carbons (Fsp3) is 0.462. The molecule has 1 unspecified atom stereocenters. The summed E-state index contributed by atoms with van der Waals surface area (Å²) in [5.41, 5.74) is 3.58. The van der Waals surface area contributed by atoms with E-state index in [-0.39, 0.29) is 21.8 Å². The summed E-state index contributed by atoms with van der Waals surface area (Å²) in [6.45, 7) is 1.37. The number of H-pyrrole nitrogens is 1. The number of ether oxygens (including phenoxy) is 1. The maximum Gasteiger partial charge on any atom is 0.244 e. The van der Waals surface area contributed by atoms with Crippen LogP contribution in [0.4, 0.5) is 10.3 Å². The van der Waals surface area contributed by atoms with Crippen molar-refractivity contribution in [2.75, 3.05) is 5.73 Å². The van der Waals surface area contributed by atoms with Gasteiger partial charge < -0.3 is 25.7 Å². The third-order valence-corrected chi connectivity index (χ3v) is 4.20. The molecule has 5 atom stereocenters. The number of aromatic nitrogens is 4. The highest BCUT2D eigenvalue weighted by molar-refractivity contribution is 7.71. The SMILES string of the molecule is C[C@H](O)[C@H]1O[C@@H](n2cnc3c(=S)nc(N)[nH]c32)C(F)(C#CCl)[C@H]1O. The number of alkyl halides is 1. The highest BCUT2D eigenvalue weighted by Crippen LogP contribution is 2.43. The van der Waals surface area contributed by atoms with Gasteiger partial charge in [-0.3, -0.25) is 4.57 Å². The first-order valence-corrected chi connectivity index (χ1v) is 7.64. The van der Waals surface area contributed by atoms with Gasteiger partial charge in [0.05, 0.1) is 12.4 Å². The number of aliphatic hydroxyl groups excluding tert-OH is 2. The Labute approximate surface area is 145 Å². The molecule has 2 aromatic rings. The third-order valence-electron chi connectivity index (χ3n) is 3.82. The van der Waals surface area contributed by atoms with Gasteiger partial charge in [-0.15, -0.1) is 0 Å². The second kappa shape index (κ2) is 5.94. The molecule has 0 bridgehead atoms. The number of halogens is 2. The van der Waals surface area contributed by atoms with E-state index in [0.29, 0.717) is 0 Å². The standard InChI is InChI=1S/C13H13ClFN5O3S/c1-5(21)7-8(22)13(15,2-3-14)11(23-7)20-4-17-6-9(20)18-12(16)19-10(6)24/h4-5,7-8,11,21-22H,1H3,(H3,16,18,19,24)/t5-,7+,8-,11+,13?/m0/s1. The first-order chi connectivity index (χ1) is 11.3. The molecule has 0 spiro atoms. The highest BCUT2D eigenvalue weighted by Gasteiger charge is 2.59. The van der Waals surface area contributed by atoms with Crippen LogP contribution in [0.3, 0.4) is 0 Å². The molecular weight excluding hydrogens is 361 g/mol. The van der Waals surface area contributed by atoms with E-state index in [4.69, 9.17) is 34.3 Å². The number of hydrogen-bond acceptors (Lipinski definition) is 7. The fourth-order valence-electron chi connectivity index (χ4n) is 2.69. The maximum atomic E-state index is 15.4. The Morgan fingerprint density at radius 2 is 2.38 bits per heavy atom. The van der Waals surface area contributed by atoms with Crippen molar-refractivity contribution >= 4 is 40.9 Å². The molecule has 5 N–H and O–H groups in total. The van der Waals surface area contributed by atoms with Crippen molar-refractivity contribution in [3.8, 4) is 11.3 Å². The van der Waals surface area contributed by atoms with Crippen LogP contribution in [0, 0.1) is 15.9 Å². The molecule has 1 aliphatic heterocycles. The molecule has 3 rings (SSSR count). The van der Waals surface area contributed by atoms with Crippen LogP contribution in [-0.4, -0.2) is 53.7 Å². The van der Waals surface area contributed by atoms with Crippen molar-refractivity contribution in [1.82, 2.24) is 19.5 Å². The minimum absolute atomic E-state index is 0.00718. The number of aromatic amines is 1. The van der Waals surface area contributed by atoms with Gasteiger partial charge in [0.25, 0.3) is 0 Å². The van der Waals surface area contributed by atoms with E-state index in [2.05, 4.69) is 20.9 Å². The molecule has 24 heavy (non-hydrogen) atoms. The van der Waals surface area contributed by atoms with Crippen LogP contribution in [0.2, 0.25) is 0 Å². The Morgan fingerprint density at radius 1 is 1.67 bits per heavy atom. The number of hydrogen-bond donors (Lipinski definition) is 4. The predicted octanol–water partition coefficient (Wildman–Crippen LogP) is 0.618. The molecule has 1 aliphatic rings. The average Bonchev–Trinajstić information content (AvgIpc) is 3.00. The first kappa shape index (κ1) is 17.1. The zero-order valence-corrected chi connectivity index (χ0v) is 13.8. The van der Waals surface area contributed by atoms with Crippen LogP contribution in [0.1, 0.15) is 13.2 Å². The fourth-order valence-corrected chi connectivity index (χ4v) is 3.08. The Kier molecular flexibility index (Phi) is 4.23. The molecule has 8 nitrogen and oxygen atoms in total. The summed E-state index contributed by atoms with van der Waals surface area (Å²) in [7, 11) is 0. The third kappa shape index (κ3) is 2.45. The van der Waals surface area contributed by atoms with Gasteiger partial charge in [-0.2, -0.15) is 0 Å². The van der Waals surface area contributed by atoms with Crippen molar-refractivity contribution in [3.63, 3.8) is 0 Å². The summed E-state index contributed by atoms with van der Waals surface area (Å²) in [4.78, 5) is 10.6. The molecule has 1 saturated heterocycles. The second-order valence-electron chi connectivity index (χ2n) is 5.40. The molecule has 128 valence electrons. The van der Waals surface area contributed by atoms with E-state index < -0.39 is 30.2 Å². The zero-order valence-electron chi connectivity index (χ0n) is 12.3. The molecule has 0 aliphatic carbocycles. The van der Waals surface area contributed by atoms with Crippen molar-refractivity contribution in [3.05, 3.63) is 11.0 Å². The van der Waals surface area contributed by atoms with Crippen molar-refractivity contribution in [1.29, 1.82) is 0 Å². The number of nitrogens with one attached hydrogen (secondary N) is 1. The monoisotopic (exact) mass is 373 g/mol. The molecule has 2 aromatic heterocycles. The molecule has 11 heteroatoms. The number of nitrogens with zero attached hydrogens (tertiary/aromatic N) is 3. The van der Waals surface area contributed by atoms with Gasteiger partial charge in [0, 0.05) is 5.38 Å². The zero-order chi connectivity index (χ0) is 17.6. The Hall–Kier alpha value is -1.77. The van der Waals surface area contributed by atoms with Crippen LogP contribution >= 0.6 is 23.8 Å². The van der Waals surface area contributed by atoms with Crippen LogP contribution in [0.15, 0.2) is 6.33 Å². The van der Waals surface area contributed by atoms with Gasteiger partial charge in [0.15, 0.2) is 16.8 Å². The number of nitrogens with two attached hydrogens (primary N) is 1. The first-order valence-electron chi connectivity index (χ1n) is 6.85. The molecule has 0 radical (unpaired) electrons. The lowest BCUT2D eigenvalue weighted by molar-refractivity contribution is -0.0776. The summed E-state index contributed by atoms with van der Waals surface area (Å²) >= 11 is 10.4. The van der Waals surface area contributed by atoms with E-state index in [1.807, 2.05) is 5.38 Å². The topological polar surface area (TPSA) is 122 Å². The number of fused-ring (bicyclic) bond motifs is 1. The summed E-state index contributed by atoms with van der Waals surface area (Å²) in [6, 6.07) is 0. The lowest BCUT2D eigenvalue weighted by atomic mass is 9.95. The smallest absolute Gasteiger partial charge is 0.244 e. The Balaban J connectivity index is 2.20. The lowest BCUT2D eigenvalue weighted by Gasteiger charge is -2.23. The van der Waals surface area contributed by atoms with Gasteiger partial charge >= 0.3 is 0 Å². The minimum atomic E-state index is -2.58. The maximum absolute atomic E-state index is 15.4. The van der Waals surface area contributed by atoms with Crippen molar-refractivity contribution in [2.24, 2.45) is 0 Å². The minimum Gasteiger partial charge on any atom is -0.391 e. The lowest BCUT2D eigenvalue weighted by Crippen LogP contribution is -2.44. The van der Waals surface area contributed by atoms with Gasteiger partial charge in [0.2, 0.25) is 5.67 Å². The Bertz CT molecular complexity index is 906. The number of anilines is 1. The number of imidazole rings is 1. The van der Waals surface area contributed by atoms with Gasteiger partial charge in [-0.25, -0.2) is 14.4 Å². The molecule has 1 fully saturated rings. The quantitative estimate of drug-likeness (QED) is 0.449. The summed E-state index contributed by atoms with van der Waals surface area (Å²) < 4.78 is 22.3. The molecule has 0 saturated carbocycles. The van der Waals surface area contributed by atoms with Gasteiger partial charge in [-0.05, 0) is 24.4 Å². The van der Waals surface area contributed by atoms with Gasteiger partial charge in [0.1, 0.15) is 23.4 Å². The largest absolute Gasteiger partial charge is 0.391 e. The Morgan fingerprint density at radius 3 is 3.00 bits per heavy atom. The molecule has 0 amide bonds. The van der Waals surface area contributed by atoms with Crippen LogP contribution in [0.25, 0.3) is 11.2 Å². The summed E-state index contributed by atoms with van der Waals surface area (Å²) in [6.07, 6.45) is -4.26. The van der Waals surface area contributed by atoms with E-state index in [9.17, 15) is 10.2 Å². The van der Waals surface area contributed by atoms with Crippen LogP contribution in [-0.2, 0) is 4.74 Å². The number of aliphatic hydroxyl groups is 2. The average molecular weight is 374 g/mol. The second-order valence-corrected chi connectivity index (χ2v) is 5.98. The van der Waals surface area contributed by atoms with E-state index in [1.54, 1.807) is 0 Å². The van der Waals surface area contributed by atoms with E-state index in [1.165, 1.54) is 17.8 Å². The predicted molar refractivity (Wildman–Crippen MR) is 86.2 cm³/mol. The van der Waals surface area contributed by atoms with E-state index >= 15 is 4.39 Å². The van der Waals surface area contributed by atoms with E-state index in [0.717, 1.165) is 0 Å². The molecule has 3 heterocycles.